The molecule has 1 heterocycles. The Hall–Kier alpha value is 0.140. The summed E-state index contributed by atoms with van der Waals surface area (Å²) in [6, 6.07) is 0. The molecule has 12 heavy (non-hydrogen) atoms. The zero-order valence-electron chi connectivity index (χ0n) is 7.73. The van der Waals surface area contributed by atoms with Crippen LogP contribution in [0.25, 0.3) is 0 Å². The average molecular weight is 249 g/mol. The molecule has 0 saturated carbocycles. The second-order valence-electron chi connectivity index (χ2n) is 3.46. The van der Waals surface area contributed by atoms with Gasteiger partial charge in [0.2, 0.25) is 0 Å². The number of hydrogen-bond acceptors (Lipinski definition) is 2. The molecular formula is C9H13BrOS. The highest BCUT2D eigenvalue weighted by atomic mass is 79.9. The number of thiophene rings is 1. The Bertz CT molecular complexity index is 296. The number of rotatable bonds is 1. The number of aryl methyl sites for hydroxylation is 2. The lowest BCUT2D eigenvalue weighted by Gasteiger charge is -2.18. The van der Waals surface area contributed by atoms with Gasteiger partial charge >= 0.3 is 0 Å². The Morgan fingerprint density at radius 3 is 1.92 bits per heavy atom. The van der Waals surface area contributed by atoms with Crippen LogP contribution in [0, 0.1) is 13.8 Å². The lowest BCUT2D eigenvalue weighted by molar-refractivity contribution is 0.0777. The Morgan fingerprint density at radius 1 is 1.25 bits per heavy atom. The smallest absolute Gasteiger partial charge is 0.0862 e. The van der Waals surface area contributed by atoms with Gasteiger partial charge < -0.3 is 5.11 Å². The molecule has 0 spiro atoms. The van der Waals surface area contributed by atoms with Gasteiger partial charge in [0.15, 0.2) is 0 Å². The molecule has 0 aliphatic carbocycles. The summed E-state index contributed by atoms with van der Waals surface area (Å²) >= 11 is 5.20. The van der Waals surface area contributed by atoms with Crippen molar-refractivity contribution in [2.45, 2.75) is 33.3 Å². The fourth-order valence-corrected chi connectivity index (χ4v) is 3.62. The second kappa shape index (κ2) is 3.13. The van der Waals surface area contributed by atoms with Gasteiger partial charge in [-0.2, -0.15) is 0 Å². The van der Waals surface area contributed by atoms with E-state index < -0.39 is 5.60 Å². The summed E-state index contributed by atoms with van der Waals surface area (Å²) in [7, 11) is 0. The number of hydrogen-bond donors (Lipinski definition) is 1. The van der Waals surface area contributed by atoms with Gasteiger partial charge in [0.1, 0.15) is 0 Å². The summed E-state index contributed by atoms with van der Waals surface area (Å²) in [5.74, 6) is 0. The molecule has 0 atom stereocenters. The summed E-state index contributed by atoms with van der Waals surface area (Å²) in [5.41, 5.74) is 0.276. The maximum Gasteiger partial charge on any atom is 0.0862 e. The highest BCUT2D eigenvalue weighted by Gasteiger charge is 2.24. The molecule has 1 N–H and O–H groups in total. The molecule has 1 rings (SSSR count). The summed E-state index contributed by atoms with van der Waals surface area (Å²) in [6.45, 7) is 7.71. The Balaban J connectivity index is 3.32. The van der Waals surface area contributed by atoms with Gasteiger partial charge in [0, 0.05) is 19.8 Å². The van der Waals surface area contributed by atoms with Crippen molar-refractivity contribution >= 4 is 27.3 Å². The van der Waals surface area contributed by atoms with Crippen LogP contribution in [0.15, 0.2) is 4.47 Å². The van der Waals surface area contributed by atoms with Gasteiger partial charge in [0.25, 0.3) is 0 Å². The maximum atomic E-state index is 9.84. The summed E-state index contributed by atoms with van der Waals surface area (Å²) in [4.78, 5) is 2.41. The van der Waals surface area contributed by atoms with Crippen LogP contribution >= 0.6 is 27.3 Å². The minimum atomic E-state index is -0.742. The van der Waals surface area contributed by atoms with Crippen LogP contribution in [0.5, 0.6) is 0 Å². The molecule has 0 aliphatic heterocycles. The third-order valence-corrected chi connectivity index (χ3v) is 4.07. The van der Waals surface area contributed by atoms with Crippen molar-refractivity contribution in [1.82, 2.24) is 0 Å². The Kier molecular flexibility index (Phi) is 2.66. The normalized spacial score (nSPS) is 12.2. The standard InChI is InChI=1S/C9H13BrOS/c1-5-7(9(3,4)11)8(10)6(2)12-5/h11H,1-4H3. The zero-order chi connectivity index (χ0) is 9.52. The third-order valence-electron chi connectivity index (χ3n) is 1.80. The highest BCUT2D eigenvalue weighted by Crippen LogP contribution is 2.38. The molecule has 0 fully saturated rings. The average Bonchev–Trinajstić information content (AvgIpc) is 2.05. The Labute approximate surface area is 85.6 Å². The molecular weight excluding hydrogens is 236 g/mol. The van der Waals surface area contributed by atoms with E-state index in [0.29, 0.717) is 0 Å². The monoisotopic (exact) mass is 248 g/mol. The highest BCUT2D eigenvalue weighted by molar-refractivity contribution is 9.10. The predicted molar refractivity (Wildman–Crippen MR) is 56.7 cm³/mol. The second-order valence-corrected chi connectivity index (χ2v) is 5.68. The van der Waals surface area contributed by atoms with Crippen molar-refractivity contribution < 1.29 is 5.11 Å². The SMILES string of the molecule is Cc1sc(C)c(C(C)(C)O)c1Br. The fraction of sp³-hybridized carbons (Fsp3) is 0.556. The van der Waals surface area contributed by atoms with Crippen molar-refractivity contribution in [1.29, 1.82) is 0 Å². The fourth-order valence-electron chi connectivity index (χ4n) is 1.36. The summed E-state index contributed by atoms with van der Waals surface area (Å²) in [5, 5.41) is 9.84. The number of halogens is 1. The van der Waals surface area contributed by atoms with Crippen molar-refractivity contribution in [2.24, 2.45) is 0 Å². The van der Waals surface area contributed by atoms with Crippen molar-refractivity contribution in [2.75, 3.05) is 0 Å². The van der Waals surface area contributed by atoms with Gasteiger partial charge in [-0.3, -0.25) is 0 Å². The minimum Gasteiger partial charge on any atom is -0.386 e. The van der Waals surface area contributed by atoms with Gasteiger partial charge in [-0.1, -0.05) is 0 Å². The van der Waals surface area contributed by atoms with E-state index in [0.717, 1.165) is 10.0 Å². The van der Waals surface area contributed by atoms with E-state index in [1.54, 1.807) is 11.3 Å². The van der Waals surface area contributed by atoms with Gasteiger partial charge in [-0.15, -0.1) is 11.3 Å². The first-order valence-corrected chi connectivity index (χ1v) is 5.43. The predicted octanol–water partition coefficient (Wildman–Crippen LogP) is 3.35. The molecule has 0 aromatic carbocycles. The lowest BCUT2D eigenvalue weighted by Crippen LogP contribution is -2.16. The van der Waals surface area contributed by atoms with Crippen molar-refractivity contribution in [3.63, 3.8) is 0 Å². The maximum absolute atomic E-state index is 9.84. The largest absolute Gasteiger partial charge is 0.386 e. The Morgan fingerprint density at radius 2 is 1.75 bits per heavy atom. The summed E-state index contributed by atoms with van der Waals surface area (Å²) < 4.78 is 1.05. The van der Waals surface area contributed by atoms with Crippen LogP contribution in [0.4, 0.5) is 0 Å². The first kappa shape index (κ1) is 10.2. The summed E-state index contributed by atoms with van der Waals surface area (Å²) in [6.07, 6.45) is 0. The van der Waals surface area contributed by atoms with Crippen LogP contribution < -0.4 is 0 Å². The molecule has 0 unspecified atom stereocenters. The molecule has 0 amide bonds. The quantitative estimate of drug-likeness (QED) is 0.809. The molecule has 0 bridgehead atoms. The van der Waals surface area contributed by atoms with E-state index in [2.05, 4.69) is 22.9 Å². The number of aliphatic hydroxyl groups is 1. The van der Waals surface area contributed by atoms with Gasteiger partial charge in [0.05, 0.1) is 5.60 Å². The molecule has 0 aliphatic rings. The molecule has 1 aromatic rings. The first-order valence-electron chi connectivity index (χ1n) is 3.82. The van der Waals surface area contributed by atoms with Crippen LogP contribution in [-0.2, 0) is 5.60 Å². The van der Waals surface area contributed by atoms with E-state index in [1.165, 1.54) is 9.75 Å². The van der Waals surface area contributed by atoms with E-state index in [4.69, 9.17) is 0 Å². The van der Waals surface area contributed by atoms with Crippen LogP contribution in [0.1, 0.15) is 29.2 Å². The molecule has 1 aromatic heterocycles. The van der Waals surface area contributed by atoms with Crippen LogP contribution in [0.3, 0.4) is 0 Å². The topological polar surface area (TPSA) is 20.2 Å². The molecule has 0 saturated heterocycles. The van der Waals surface area contributed by atoms with E-state index in [-0.39, 0.29) is 0 Å². The van der Waals surface area contributed by atoms with Gasteiger partial charge in [-0.05, 0) is 43.6 Å². The molecule has 3 heteroatoms. The third kappa shape index (κ3) is 1.73. The molecule has 0 radical (unpaired) electrons. The first-order chi connectivity index (χ1) is 5.34. The lowest BCUT2D eigenvalue weighted by atomic mass is 9.99. The van der Waals surface area contributed by atoms with Crippen LogP contribution in [0.2, 0.25) is 0 Å². The van der Waals surface area contributed by atoms with E-state index in [1.807, 2.05) is 20.8 Å². The molecule has 68 valence electrons. The van der Waals surface area contributed by atoms with Crippen molar-refractivity contribution in [3.8, 4) is 0 Å². The minimum absolute atomic E-state index is 0.742. The van der Waals surface area contributed by atoms with Gasteiger partial charge in [-0.25, -0.2) is 0 Å². The zero-order valence-corrected chi connectivity index (χ0v) is 10.1. The van der Waals surface area contributed by atoms with Crippen molar-refractivity contribution in [3.05, 3.63) is 19.8 Å². The van der Waals surface area contributed by atoms with E-state index in [9.17, 15) is 5.11 Å². The van der Waals surface area contributed by atoms with E-state index >= 15 is 0 Å². The molecule has 1 nitrogen and oxygen atoms in total. The van der Waals surface area contributed by atoms with Crippen LogP contribution in [-0.4, -0.2) is 5.11 Å².